The molecule has 27 heavy (non-hydrogen) atoms. The van der Waals surface area contributed by atoms with Crippen molar-refractivity contribution >= 4 is 0 Å². The van der Waals surface area contributed by atoms with Gasteiger partial charge in [-0.05, 0) is 53.0 Å². The van der Waals surface area contributed by atoms with Gasteiger partial charge in [0.05, 0.1) is 31.5 Å². The standard InChI is InChI=1S/C23H28O4/c24-13-16-3-1-15(2-4-16)9-19-10-18(7-8-22(19)17-5-6-17)23-12-20(26)11-21(14-25)27-23/h1-4,7-8,10,17,20-21,23-26H,5-6,9,11-14H2/t20?,21-,23+/m0/s1. The number of aliphatic hydroxyl groups is 3. The maximum atomic E-state index is 10.1. The fraction of sp³-hybridized carbons (Fsp3) is 0.478. The molecule has 1 saturated carbocycles. The van der Waals surface area contributed by atoms with E-state index in [0.717, 1.165) is 17.5 Å². The maximum Gasteiger partial charge on any atom is 0.0854 e. The predicted molar refractivity (Wildman–Crippen MR) is 104 cm³/mol. The Balaban J connectivity index is 1.60. The molecular weight excluding hydrogens is 340 g/mol. The molecule has 0 aromatic heterocycles. The van der Waals surface area contributed by atoms with Crippen molar-refractivity contribution in [3.63, 3.8) is 0 Å². The summed E-state index contributed by atoms with van der Waals surface area (Å²) < 4.78 is 6.01. The molecule has 1 unspecified atom stereocenters. The number of rotatable bonds is 6. The van der Waals surface area contributed by atoms with E-state index >= 15 is 0 Å². The van der Waals surface area contributed by atoms with Crippen molar-refractivity contribution in [2.75, 3.05) is 6.61 Å². The van der Waals surface area contributed by atoms with Crippen LogP contribution in [0.1, 0.15) is 65.5 Å². The van der Waals surface area contributed by atoms with Crippen LogP contribution in [0.4, 0.5) is 0 Å². The Morgan fingerprint density at radius 3 is 2.33 bits per heavy atom. The van der Waals surface area contributed by atoms with Gasteiger partial charge in [-0.2, -0.15) is 0 Å². The largest absolute Gasteiger partial charge is 0.394 e. The summed E-state index contributed by atoms with van der Waals surface area (Å²) in [5.74, 6) is 0.661. The summed E-state index contributed by atoms with van der Waals surface area (Å²) in [4.78, 5) is 0. The van der Waals surface area contributed by atoms with Crippen LogP contribution in [0, 0.1) is 0 Å². The third-order valence-corrected chi connectivity index (χ3v) is 5.74. The summed E-state index contributed by atoms with van der Waals surface area (Å²) in [6.45, 7) is 0.00817. The molecule has 0 spiro atoms. The Kier molecular flexibility index (Phi) is 5.60. The van der Waals surface area contributed by atoms with Gasteiger partial charge in [0.25, 0.3) is 0 Å². The van der Waals surface area contributed by atoms with E-state index in [4.69, 9.17) is 4.74 Å². The minimum atomic E-state index is -0.432. The monoisotopic (exact) mass is 368 g/mol. The van der Waals surface area contributed by atoms with E-state index in [0.29, 0.717) is 18.8 Å². The number of benzene rings is 2. The topological polar surface area (TPSA) is 69.9 Å². The van der Waals surface area contributed by atoms with E-state index in [9.17, 15) is 15.3 Å². The van der Waals surface area contributed by atoms with Crippen molar-refractivity contribution in [2.45, 2.75) is 62.9 Å². The first-order valence-electron chi connectivity index (χ1n) is 9.92. The second-order valence-corrected chi connectivity index (χ2v) is 7.94. The lowest BCUT2D eigenvalue weighted by molar-refractivity contribution is -0.113. The molecule has 1 aliphatic carbocycles. The average molecular weight is 368 g/mol. The zero-order chi connectivity index (χ0) is 18.8. The van der Waals surface area contributed by atoms with E-state index < -0.39 is 6.10 Å². The van der Waals surface area contributed by atoms with E-state index in [1.54, 1.807) is 0 Å². The summed E-state index contributed by atoms with van der Waals surface area (Å²) in [5, 5.41) is 28.8. The van der Waals surface area contributed by atoms with Gasteiger partial charge in [0.1, 0.15) is 0 Å². The first kappa shape index (κ1) is 18.6. The predicted octanol–water partition coefficient (Wildman–Crippen LogP) is 3.22. The Bertz CT molecular complexity index is 766. The molecule has 2 aromatic rings. The molecule has 2 fully saturated rings. The lowest BCUT2D eigenvalue weighted by Crippen LogP contribution is -2.33. The van der Waals surface area contributed by atoms with Crippen molar-refractivity contribution in [1.29, 1.82) is 0 Å². The molecule has 3 atom stereocenters. The van der Waals surface area contributed by atoms with Crippen molar-refractivity contribution in [3.05, 3.63) is 70.3 Å². The first-order valence-corrected chi connectivity index (χ1v) is 9.92. The second kappa shape index (κ2) is 8.11. The summed E-state index contributed by atoms with van der Waals surface area (Å²) >= 11 is 0. The summed E-state index contributed by atoms with van der Waals surface area (Å²) in [5.41, 5.74) is 5.97. The fourth-order valence-corrected chi connectivity index (χ4v) is 4.08. The molecule has 3 N–H and O–H groups in total. The summed E-state index contributed by atoms with van der Waals surface area (Å²) in [7, 11) is 0. The van der Waals surface area contributed by atoms with Gasteiger partial charge >= 0.3 is 0 Å². The molecule has 0 bridgehead atoms. The third-order valence-electron chi connectivity index (χ3n) is 5.74. The van der Waals surface area contributed by atoms with Gasteiger partial charge in [0, 0.05) is 12.8 Å². The van der Waals surface area contributed by atoms with Crippen LogP contribution in [0.2, 0.25) is 0 Å². The number of aliphatic hydroxyl groups excluding tert-OH is 3. The highest BCUT2D eigenvalue weighted by Gasteiger charge is 2.31. The van der Waals surface area contributed by atoms with Crippen LogP contribution in [0.15, 0.2) is 42.5 Å². The van der Waals surface area contributed by atoms with Crippen molar-refractivity contribution in [1.82, 2.24) is 0 Å². The van der Waals surface area contributed by atoms with E-state index in [1.807, 2.05) is 12.1 Å². The first-order chi connectivity index (χ1) is 13.2. The normalized spacial score (nSPS) is 25.5. The van der Waals surface area contributed by atoms with Gasteiger partial charge in [-0.3, -0.25) is 0 Å². The Hall–Kier alpha value is -1.72. The number of hydrogen-bond acceptors (Lipinski definition) is 4. The van der Waals surface area contributed by atoms with Crippen LogP contribution in [0.5, 0.6) is 0 Å². The molecule has 4 rings (SSSR count). The highest BCUT2D eigenvalue weighted by molar-refractivity contribution is 5.41. The number of ether oxygens (including phenoxy) is 1. The SMILES string of the molecule is OCc1ccc(Cc2cc([C@H]3CC(O)C[C@@H](CO)O3)ccc2C2CC2)cc1. The molecule has 2 aliphatic rings. The van der Waals surface area contributed by atoms with Gasteiger partial charge in [0.15, 0.2) is 0 Å². The minimum Gasteiger partial charge on any atom is -0.394 e. The smallest absolute Gasteiger partial charge is 0.0854 e. The second-order valence-electron chi connectivity index (χ2n) is 7.94. The molecule has 1 aliphatic heterocycles. The van der Waals surface area contributed by atoms with Gasteiger partial charge in [0.2, 0.25) is 0 Å². The lowest BCUT2D eigenvalue weighted by atomic mass is 9.90. The van der Waals surface area contributed by atoms with Crippen molar-refractivity contribution < 1.29 is 20.1 Å². The van der Waals surface area contributed by atoms with Crippen LogP contribution in [0.3, 0.4) is 0 Å². The minimum absolute atomic E-state index is 0.0578. The van der Waals surface area contributed by atoms with Gasteiger partial charge in [-0.15, -0.1) is 0 Å². The fourth-order valence-electron chi connectivity index (χ4n) is 4.08. The van der Waals surface area contributed by atoms with Crippen LogP contribution >= 0.6 is 0 Å². The van der Waals surface area contributed by atoms with Gasteiger partial charge < -0.3 is 20.1 Å². The molecule has 0 radical (unpaired) electrons. The highest BCUT2D eigenvalue weighted by atomic mass is 16.5. The molecule has 0 amide bonds. The average Bonchev–Trinajstić information content (AvgIpc) is 3.53. The van der Waals surface area contributed by atoms with Gasteiger partial charge in [-0.1, -0.05) is 42.5 Å². The lowest BCUT2D eigenvalue weighted by Gasteiger charge is -2.33. The van der Waals surface area contributed by atoms with E-state index in [2.05, 4.69) is 30.3 Å². The third kappa shape index (κ3) is 4.41. The van der Waals surface area contributed by atoms with Crippen LogP contribution < -0.4 is 0 Å². The highest BCUT2D eigenvalue weighted by Crippen LogP contribution is 2.43. The van der Waals surface area contributed by atoms with Gasteiger partial charge in [-0.25, -0.2) is 0 Å². The molecule has 2 aromatic carbocycles. The van der Waals surface area contributed by atoms with Crippen LogP contribution in [-0.2, 0) is 17.8 Å². The summed E-state index contributed by atoms with van der Waals surface area (Å²) in [6, 6.07) is 14.7. The van der Waals surface area contributed by atoms with E-state index in [-0.39, 0.29) is 25.4 Å². The van der Waals surface area contributed by atoms with E-state index in [1.165, 1.54) is 29.5 Å². The Morgan fingerprint density at radius 2 is 1.67 bits per heavy atom. The zero-order valence-corrected chi connectivity index (χ0v) is 15.6. The Morgan fingerprint density at radius 1 is 0.926 bits per heavy atom. The maximum absolute atomic E-state index is 10.1. The quantitative estimate of drug-likeness (QED) is 0.732. The van der Waals surface area contributed by atoms with Crippen LogP contribution in [-0.4, -0.2) is 34.1 Å². The summed E-state index contributed by atoms with van der Waals surface area (Å²) in [6.07, 6.45) is 3.53. The Labute approximate surface area is 160 Å². The molecule has 1 heterocycles. The molecule has 4 heteroatoms. The molecule has 1 saturated heterocycles. The van der Waals surface area contributed by atoms with Crippen molar-refractivity contribution in [3.8, 4) is 0 Å². The molecular formula is C23H28O4. The molecule has 144 valence electrons. The zero-order valence-electron chi connectivity index (χ0n) is 15.6. The van der Waals surface area contributed by atoms with Crippen molar-refractivity contribution in [2.24, 2.45) is 0 Å². The number of hydrogen-bond donors (Lipinski definition) is 3. The van der Waals surface area contributed by atoms with Crippen LogP contribution in [0.25, 0.3) is 0 Å². The molecule has 4 nitrogen and oxygen atoms in total.